The van der Waals surface area contributed by atoms with Gasteiger partial charge in [-0.1, -0.05) is 12.1 Å². The van der Waals surface area contributed by atoms with Gasteiger partial charge >= 0.3 is 0 Å². The monoisotopic (exact) mass is 434 g/mol. The lowest BCUT2D eigenvalue weighted by Crippen LogP contribution is -2.60. The van der Waals surface area contributed by atoms with E-state index in [9.17, 15) is 35.4 Å². The minimum Gasteiger partial charge on any atom is -0.508 e. The molecule has 2 aromatic rings. The number of aliphatic hydroxyl groups is 4. The number of phenolic OH excluding ortho intramolecular Hbond substituents is 2. The van der Waals surface area contributed by atoms with E-state index >= 15 is 0 Å². The second-order valence-electron chi connectivity index (χ2n) is 7.46. The molecule has 2 aliphatic rings. The molecule has 4 rings (SSSR count). The Labute approximate surface area is 176 Å². The molecule has 0 radical (unpaired) electrons. The highest BCUT2D eigenvalue weighted by Crippen LogP contribution is 2.42. The van der Waals surface area contributed by atoms with E-state index in [2.05, 4.69) is 0 Å². The summed E-state index contributed by atoms with van der Waals surface area (Å²) in [6.45, 7) is -0.619. The highest BCUT2D eigenvalue weighted by atomic mass is 16.7. The number of carbonyl (C=O) groups excluding carboxylic acids is 1. The van der Waals surface area contributed by atoms with Gasteiger partial charge in [-0.05, 0) is 17.7 Å². The van der Waals surface area contributed by atoms with E-state index in [1.807, 2.05) is 0 Å². The Kier molecular flexibility index (Phi) is 5.73. The fraction of sp³-hybridized carbons (Fsp3) is 0.381. The molecular formula is C21H22O10. The minimum atomic E-state index is -1.64. The van der Waals surface area contributed by atoms with Crippen molar-refractivity contribution in [1.29, 1.82) is 0 Å². The van der Waals surface area contributed by atoms with Crippen molar-refractivity contribution in [1.82, 2.24) is 0 Å². The molecule has 0 aromatic heterocycles. The SMILES string of the molecule is O=C1C[C@H](c2ccc(O)cc2)Oc2cc(O[C@@H]3O[C@@H](CO)[C@@H](O)[C@@H](O)[C@@H]3O)cc(O)c21. The highest BCUT2D eigenvalue weighted by molar-refractivity contribution is 6.02. The zero-order chi connectivity index (χ0) is 22.3. The Morgan fingerprint density at radius 1 is 1.00 bits per heavy atom. The molecule has 10 nitrogen and oxygen atoms in total. The first kappa shape index (κ1) is 21.3. The summed E-state index contributed by atoms with van der Waals surface area (Å²) in [6, 6.07) is 8.64. The first-order chi connectivity index (χ1) is 14.8. The second kappa shape index (κ2) is 8.33. The van der Waals surface area contributed by atoms with Crippen LogP contribution in [0.3, 0.4) is 0 Å². The number of ketones is 1. The summed E-state index contributed by atoms with van der Waals surface area (Å²) in [7, 11) is 0. The van der Waals surface area contributed by atoms with Crippen LogP contribution in [-0.4, -0.2) is 73.7 Å². The first-order valence-electron chi connectivity index (χ1n) is 9.61. The third-order valence-electron chi connectivity index (χ3n) is 5.34. The van der Waals surface area contributed by atoms with Crippen molar-refractivity contribution in [3.05, 3.63) is 47.5 Å². The lowest BCUT2D eigenvalue weighted by Gasteiger charge is -2.39. The summed E-state index contributed by atoms with van der Waals surface area (Å²) in [5, 5.41) is 59.0. The molecule has 0 spiro atoms. The molecule has 10 heteroatoms. The van der Waals surface area contributed by atoms with Gasteiger partial charge in [0.1, 0.15) is 59.1 Å². The molecule has 166 valence electrons. The number of fused-ring (bicyclic) bond motifs is 1. The number of Topliss-reactive ketones (excluding diaryl/α,β-unsaturated/α-hetero) is 1. The van der Waals surface area contributed by atoms with E-state index in [1.165, 1.54) is 18.2 Å². The topological polar surface area (TPSA) is 166 Å². The maximum atomic E-state index is 12.6. The fourth-order valence-electron chi connectivity index (χ4n) is 3.66. The van der Waals surface area contributed by atoms with Crippen molar-refractivity contribution in [3.63, 3.8) is 0 Å². The quantitative estimate of drug-likeness (QED) is 0.385. The summed E-state index contributed by atoms with van der Waals surface area (Å²) in [5.74, 6) is -0.657. The first-order valence-corrected chi connectivity index (χ1v) is 9.61. The zero-order valence-corrected chi connectivity index (χ0v) is 16.2. The molecule has 2 aliphatic heterocycles. The molecule has 0 bridgehead atoms. The van der Waals surface area contributed by atoms with E-state index in [-0.39, 0.29) is 35.0 Å². The van der Waals surface area contributed by atoms with E-state index in [0.717, 1.165) is 6.07 Å². The summed E-state index contributed by atoms with van der Waals surface area (Å²) >= 11 is 0. The second-order valence-corrected chi connectivity index (χ2v) is 7.46. The number of ether oxygens (including phenoxy) is 3. The standard InChI is InChI=1S/C21H22O10/c22-8-16-18(26)19(27)20(28)21(31-16)29-11-5-12(24)17-13(25)7-14(30-15(17)6-11)9-1-3-10(23)4-2-9/h1-6,14,16,18-24,26-28H,7-8H2/t14-,16+,18-,19-,20+,21-/m1/s1. The van der Waals surface area contributed by atoms with Crippen LogP contribution in [0, 0.1) is 0 Å². The van der Waals surface area contributed by atoms with E-state index < -0.39 is 49.2 Å². The van der Waals surface area contributed by atoms with Crippen LogP contribution in [0.1, 0.15) is 28.4 Å². The Balaban J connectivity index is 1.59. The minimum absolute atomic E-state index is 0.0156. The molecule has 2 heterocycles. The van der Waals surface area contributed by atoms with Crippen molar-refractivity contribution in [2.45, 2.75) is 43.2 Å². The predicted octanol–water partition coefficient (Wildman–Crippen LogP) is -0.0170. The molecule has 1 saturated heterocycles. The Bertz CT molecular complexity index is 957. The number of hydrogen-bond donors (Lipinski definition) is 6. The average molecular weight is 434 g/mol. The number of aromatic hydroxyl groups is 2. The zero-order valence-electron chi connectivity index (χ0n) is 16.2. The smallest absolute Gasteiger partial charge is 0.229 e. The number of carbonyl (C=O) groups is 1. The molecule has 0 unspecified atom stereocenters. The fourth-order valence-corrected chi connectivity index (χ4v) is 3.66. The van der Waals surface area contributed by atoms with Gasteiger partial charge < -0.3 is 44.8 Å². The number of rotatable bonds is 4. The van der Waals surface area contributed by atoms with E-state index in [0.29, 0.717) is 5.56 Å². The van der Waals surface area contributed by atoms with Gasteiger partial charge in [-0.2, -0.15) is 0 Å². The number of aliphatic hydroxyl groups excluding tert-OH is 4. The largest absolute Gasteiger partial charge is 0.508 e. The van der Waals surface area contributed by atoms with Gasteiger partial charge in [-0.25, -0.2) is 0 Å². The molecule has 6 atom stereocenters. The van der Waals surface area contributed by atoms with Crippen LogP contribution in [0.25, 0.3) is 0 Å². The Morgan fingerprint density at radius 3 is 2.39 bits per heavy atom. The summed E-state index contributed by atoms with van der Waals surface area (Å²) < 4.78 is 16.7. The van der Waals surface area contributed by atoms with Crippen molar-refractivity contribution in [3.8, 4) is 23.0 Å². The van der Waals surface area contributed by atoms with Gasteiger partial charge in [-0.3, -0.25) is 4.79 Å². The molecule has 1 fully saturated rings. The highest BCUT2D eigenvalue weighted by Gasteiger charge is 2.45. The Hall–Kier alpha value is -2.89. The van der Waals surface area contributed by atoms with Crippen LogP contribution in [0.5, 0.6) is 23.0 Å². The third-order valence-corrected chi connectivity index (χ3v) is 5.34. The van der Waals surface area contributed by atoms with Gasteiger partial charge in [0, 0.05) is 12.1 Å². The summed E-state index contributed by atoms with van der Waals surface area (Å²) in [4.78, 5) is 12.6. The molecule has 2 aromatic carbocycles. The summed E-state index contributed by atoms with van der Waals surface area (Å²) in [5.41, 5.74) is 0.632. The predicted molar refractivity (Wildman–Crippen MR) is 103 cm³/mol. The molecule has 6 N–H and O–H groups in total. The van der Waals surface area contributed by atoms with Crippen LogP contribution < -0.4 is 9.47 Å². The van der Waals surface area contributed by atoms with E-state index in [1.54, 1.807) is 12.1 Å². The number of hydrogen-bond acceptors (Lipinski definition) is 10. The van der Waals surface area contributed by atoms with Crippen molar-refractivity contribution in [2.24, 2.45) is 0 Å². The summed E-state index contributed by atoms with van der Waals surface area (Å²) in [6.07, 6.45) is -8.09. The van der Waals surface area contributed by atoms with Gasteiger partial charge in [0.25, 0.3) is 0 Å². The van der Waals surface area contributed by atoms with Crippen LogP contribution in [0.15, 0.2) is 36.4 Å². The van der Waals surface area contributed by atoms with Gasteiger partial charge in [0.2, 0.25) is 6.29 Å². The number of phenols is 2. The maximum Gasteiger partial charge on any atom is 0.229 e. The van der Waals surface area contributed by atoms with E-state index in [4.69, 9.17) is 14.2 Å². The molecule has 0 amide bonds. The Morgan fingerprint density at radius 2 is 1.71 bits per heavy atom. The van der Waals surface area contributed by atoms with Crippen molar-refractivity contribution in [2.75, 3.05) is 6.61 Å². The normalized spacial score (nSPS) is 30.4. The maximum absolute atomic E-state index is 12.6. The molecule has 0 aliphatic carbocycles. The number of benzene rings is 2. The lowest BCUT2D eigenvalue weighted by molar-refractivity contribution is -0.277. The lowest BCUT2D eigenvalue weighted by atomic mass is 9.95. The van der Waals surface area contributed by atoms with Crippen LogP contribution >= 0.6 is 0 Å². The van der Waals surface area contributed by atoms with Crippen LogP contribution in [0.2, 0.25) is 0 Å². The molecular weight excluding hydrogens is 412 g/mol. The van der Waals surface area contributed by atoms with Crippen LogP contribution in [0.4, 0.5) is 0 Å². The molecule has 31 heavy (non-hydrogen) atoms. The third kappa shape index (κ3) is 4.03. The van der Waals surface area contributed by atoms with Gasteiger partial charge in [-0.15, -0.1) is 0 Å². The van der Waals surface area contributed by atoms with Gasteiger partial charge in [0.15, 0.2) is 5.78 Å². The van der Waals surface area contributed by atoms with Crippen molar-refractivity contribution < 1.29 is 49.6 Å². The molecule has 0 saturated carbocycles. The van der Waals surface area contributed by atoms with Crippen LogP contribution in [-0.2, 0) is 4.74 Å². The average Bonchev–Trinajstić information content (AvgIpc) is 2.74. The van der Waals surface area contributed by atoms with Gasteiger partial charge in [0.05, 0.1) is 13.0 Å². The van der Waals surface area contributed by atoms with Crippen molar-refractivity contribution >= 4 is 5.78 Å².